The molecular weight excluding hydrogens is 258 g/mol. The zero-order valence-corrected chi connectivity index (χ0v) is 11.9. The van der Waals surface area contributed by atoms with Gasteiger partial charge in [-0.15, -0.1) is 11.8 Å². The molecule has 1 unspecified atom stereocenters. The maximum atomic E-state index is 11.9. The van der Waals surface area contributed by atoms with Crippen LogP contribution in [0.1, 0.15) is 18.2 Å². The average Bonchev–Trinajstić information content (AvgIpc) is 2.91. The predicted octanol–water partition coefficient (Wildman–Crippen LogP) is 3.39. The summed E-state index contributed by atoms with van der Waals surface area (Å²) in [4.78, 5) is 13.0. The van der Waals surface area contributed by atoms with Crippen LogP contribution in [0.25, 0.3) is 0 Å². The van der Waals surface area contributed by atoms with E-state index in [0.717, 1.165) is 10.7 Å². The van der Waals surface area contributed by atoms with Gasteiger partial charge in [-0.3, -0.25) is 4.79 Å². The van der Waals surface area contributed by atoms with Gasteiger partial charge in [0.25, 0.3) is 0 Å². The Balaban J connectivity index is 1.83. The van der Waals surface area contributed by atoms with Crippen LogP contribution < -0.4 is 5.32 Å². The van der Waals surface area contributed by atoms with Crippen LogP contribution in [0.2, 0.25) is 0 Å². The first kappa shape index (κ1) is 13.7. The Morgan fingerprint density at radius 3 is 2.68 bits per heavy atom. The first-order chi connectivity index (χ1) is 9.15. The zero-order valence-electron chi connectivity index (χ0n) is 11.1. The number of hydrogen-bond acceptors (Lipinski definition) is 3. The fourth-order valence-corrected chi connectivity index (χ4v) is 2.50. The summed E-state index contributed by atoms with van der Waals surface area (Å²) < 4.78 is 5.17. The van der Waals surface area contributed by atoms with Crippen molar-refractivity contribution < 1.29 is 9.21 Å². The third kappa shape index (κ3) is 4.17. The number of amides is 1. The van der Waals surface area contributed by atoms with E-state index in [1.807, 2.05) is 38.1 Å². The average molecular weight is 275 g/mol. The van der Waals surface area contributed by atoms with Crippen LogP contribution in [0, 0.1) is 6.92 Å². The van der Waals surface area contributed by atoms with Crippen LogP contribution in [0.3, 0.4) is 0 Å². The van der Waals surface area contributed by atoms with E-state index in [1.165, 1.54) is 5.56 Å². The summed E-state index contributed by atoms with van der Waals surface area (Å²) >= 11 is 1.55. The molecule has 0 spiro atoms. The van der Waals surface area contributed by atoms with Crippen molar-refractivity contribution in [1.29, 1.82) is 0 Å². The van der Waals surface area contributed by atoms with Crippen LogP contribution in [0.5, 0.6) is 0 Å². The first-order valence-electron chi connectivity index (χ1n) is 6.18. The molecule has 3 nitrogen and oxygen atoms in total. The highest BCUT2D eigenvalue weighted by atomic mass is 32.2. The topological polar surface area (TPSA) is 42.2 Å². The number of benzene rings is 1. The molecule has 4 heteroatoms. The normalized spacial score (nSPS) is 12.1. The third-order valence-electron chi connectivity index (χ3n) is 2.72. The van der Waals surface area contributed by atoms with Crippen molar-refractivity contribution in [3.05, 3.63) is 54.0 Å². The Kier molecular flexibility index (Phi) is 4.68. The molecular formula is C15H17NO2S. The fourth-order valence-electron chi connectivity index (χ4n) is 1.61. The smallest absolute Gasteiger partial charge is 0.233 e. The van der Waals surface area contributed by atoms with E-state index < -0.39 is 0 Å². The van der Waals surface area contributed by atoms with E-state index in [9.17, 15) is 4.79 Å². The number of hydrogen-bond donors (Lipinski definition) is 1. The lowest BCUT2D eigenvalue weighted by Gasteiger charge is -2.11. The molecule has 1 amide bonds. The van der Waals surface area contributed by atoms with Crippen LogP contribution in [0.4, 0.5) is 0 Å². The van der Waals surface area contributed by atoms with Gasteiger partial charge < -0.3 is 9.73 Å². The Morgan fingerprint density at radius 2 is 2.05 bits per heavy atom. The highest BCUT2D eigenvalue weighted by Crippen LogP contribution is 2.23. The van der Waals surface area contributed by atoms with E-state index >= 15 is 0 Å². The van der Waals surface area contributed by atoms with Gasteiger partial charge in [-0.05, 0) is 38.1 Å². The lowest BCUT2D eigenvalue weighted by Crippen LogP contribution is -2.30. The van der Waals surface area contributed by atoms with Gasteiger partial charge >= 0.3 is 0 Å². The molecule has 2 aromatic rings. The highest BCUT2D eigenvalue weighted by Gasteiger charge is 2.14. The summed E-state index contributed by atoms with van der Waals surface area (Å²) in [5.74, 6) is 0.780. The molecule has 2 rings (SSSR count). The van der Waals surface area contributed by atoms with Gasteiger partial charge in [0.2, 0.25) is 5.91 Å². The van der Waals surface area contributed by atoms with E-state index in [-0.39, 0.29) is 11.2 Å². The third-order valence-corrected chi connectivity index (χ3v) is 3.83. The van der Waals surface area contributed by atoms with Crippen LogP contribution in [-0.2, 0) is 11.3 Å². The summed E-state index contributed by atoms with van der Waals surface area (Å²) in [6, 6.07) is 11.8. The first-order valence-corrected chi connectivity index (χ1v) is 7.06. The van der Waals surface area contributed by atoms with Crippen molar-refractivity contribution in [1.82, 2.24) is 5.32 Å². The SMILES string of the molecule is Cc1ccc(SC(C)C(=O)NCc2ccco2)cc1. The minimum Gasteiger partial charge on any atom is -0.467 e. The second-order valence-electron chi connectivity index (χ2n) is 4.37. The van der Waals surface area contributed by atoms with Crippen LogP contribution in [0.15, 0.2) is 52.0 Å². The molecule has 0 aliphatic heterocycles. The minimum atomic E-state index is -0.127. The quantitative estimate of drug-likeness (QED) is 0.851. The van der Waals surface area contributed by atoms with Crippen molar-refractivity contribution in [2.24, 2.45) is 0 Å². The molecule has 1 heterocycles. The lowest BCUT2D eigenvalue weighted by molar-refractivity contribution is -0.120. The fraction of sp³-hybridized carbons (Fsp3) is 0.267. The molecule has 19 heavy (non-hydrogen) atoms. The van der Waals surface area contributed by atoms with Crippen molar-refractivity contribution in [3.63, 3.8) is 0 Å². The van der Waals surface area contributed by atoms with E-state index in [4.69, 9.17) is 4.42 Å². The standard InChI is InChI=1S/C15H17NO2S/c1-11-5-7-14(8-6-11)19-12(2)15(17)16-10-13-4-3-9-18-13/h3-9,12H,10H2,1-2H3,(H,16,17). The number of thioether (sulfide) groups is 1. The van der Waals surface area contributed by atoms with Gasteiger partial charge in [0.15, 0.2) is 0 Å². The molecule has 0 aliphatic carbocycles. The number of nitrogens with one attached hydrogen (secondary N) is 1. The maximum Gasteiger partial charge on any atom is 0.233 e. The zero-order chi connectivity index (χ0) is 13.7. The van der Waals surface area contributed by atoms with Crippen molar-refractivity contribution in [2.45, 2.75) is 30.5 Å². The molecule has 0 saturated heterocycles. The Morgan fingerprint density at radius 1 is 1.32 bits per heavy atom. The summed E-state index contributed by atoms with van der Waals surface area (Å²) in [6.45, 7) is 4.39. The lowest BCUT2D eigenvalue weighted by atomic mass is 10.2. The van der Waals surface area contributed by atoms with Gasteiger partial charge in [-0.25, -0.2) is 0 Å². The second kappa shape index (κ2) is 6.48. The minimum absolute atomic E-state index is 0.0157. The Bertz CT molecular complexity index is 520. The van der Waals surface area contributed by atoms with E-state index in [2.05, 4.69) is 17.4 Å². The van der Waals surface area contributed by atoms with Crippen LogP contribution >= 0.6 is 11.8 Å². The molecule has 0 radical (unpaired) electrons. The number of furan rings is 1. The molecule has 1 aromatic carbocycles. The van der Waals surface area contributed by atoms with Crippen molar-refractivity contribution in [2.75, 3.05) is 0 Å². The molecule has 0 fully saturated rings. The number of carbonyl (C=O) groups excluding carboxylic acids is 1. The van der Waals surface area contributed by atoms with Gasteiger partial charge in [0.1, 0.15) is 5.76 Å². The molecule has 1 N–H and O–H groups in total. The highest BCUT2D eigenvalue weighted by molar-refractivity contribution is 8.00. The summed E-state index contributed by atoms with van der Waals surface area (Å²) in [5.41, 5.74) is 1.22. The molecule has 1 atom stereocenters. The van der Waals surface area contributed by atoms with Crippen LogP contribution in [-0.4, -0.2) is 11.2 Å². The summed E-state index contributed by atoms with van der Waals surface area (Å²) in [6.07, 6.45) is 1.60. The van der Waals surface area contributed by atoms with E-state index in [1.54, 1.807) is 18.0 Å². The van der Waals surface area contributed by atoms with E-state index in [0.29, 0.717) is 6.54 Å². The molecule has 0 bridgehead atoms. The molecule has 1 aromatic heterocycles. The van der Waals surface area contributed by atoms with Gasteiger partial charge in [-0.2, -0.15) is 0 Å². The second-order valence-corrected chi connectivity index (χ2v) is 5.78. The van der Waals surface area contributed by atoms with Gasteiger partial charge in [-0.1, -0.05) is 17.7 Å². The Labute approximate surface area is 117 Å². The number of carbonyl (C=O) groups is 1. The summed E-state index contributed by atoms with van der Waals surface area (Å²) in [5, 5.41) is 2.74. The van der Waals surface area contributed by atoms with Crippen molar-refractivity contribution in [3.8, 4) is 0 Å². The number of aryl methyl sites for hydroxylation is 1. The summed E-state index contributed by atoms with van der Waals surface area (Å²) in [7, 11) is 0. The molecule has 0 aliphatic rings. The van der Waals surface area contributed by atoms with Gasteiger partial charge in [0, 0.05) is 4.90 Å². The molecule has 0 saturated carbocycles. The molecule has 100 valence electrons. The maximum absolute atomic E-state index is 11.9. The largest absolute Gasteiger partial charge is 0.467 e. The monoisotopic (exact) mass is 275 g/mol. The number of rotatable bonds is 5. The Hall–Kier alpha value is -1.68. The van der Waals surface area contributed by atoms with Crippen molar-refractivity contribution >= 4 is 17.7 Å². The van der Waals surface area contributed by atoms with Gasteiger partial charge in [0.05, 0.1) is 18.1 Å². The predicted molar refractivity (Wildman–Crippen MR) is 77.1 cm³/mol.